The molecule has 0 saturated carbocycles. The highest BCUT2D eigenvalue weighted by molar-refractivity contribution is 7.15. The normalized spacial score (nSPS) is 10.9. The third-order valence-electron chi connectivity index (χ3n) is 3.51. The Hall–Kier alpha value is -1.75. The molecule has 0 atom stereocenters. The first-order chi connectivity index (χ1) is 11.3. The Morgan fingerprint density at radius 2 is 1.96 bits per heavy atom. The first-order valence-corrected chi connectivity index (χ1v) is 8.83. The van der Waals surface area contributed by atoms with Crippen LogP contribution in [0.2, 0.25) is 5.02 Å². The molecular weight excluding hydrogens is 326 g/mol. The van der Waals surface area contributed by atoms with E-state index in [1.807, 2.05) is 48.9 Å². The Morgan fingerprint density at radius 1 is 1.09 bits per heavy atom. The molecule has 0 aliphatic heterocycles. The Morgan fingerprint density at radius 3 is 2.78 bits per heavy atom. The van der Waals surface area contributed by atoms with Crippen molar-refractivity contribution in [1.82, 2.24) is 15.3 Å². The molecule has 0 radical (unpaired) electrons. The van der Waals surface area contributed by atoms with Crippen LogP contribution in [0, 0.1) is 0 Å². The van der Waals surface area contributed by atoms with Gasteiger partial charge < -0.3 is 5.32 Å². The van der Waals surface area contributed by atoms with Gasteiger partial charge in [-0.05, 0) is 25.1 Å². The highest BCUT2D eigenvalue weighted by Crippen LogP contribution is 2.37. The maximum atomic E-state index is 6.36. The lowest BCUT2D eigenvalue weighted by Gasteiger charge is -2.08. The number of nitrogens with zero attached hydrogens (tertiary/aromatic N) is 2. The predicted molar refractivity (Wildman–Crippen MR) is 97.8 cm³/mol. The molecule has 0 saturated heterocycles. The lowest BCUT2D eigenvalue weighted by Crippen LogP contribution is -2.13. The van der Waals surface area contributed by atoms with Crippen LogP contribution in [0.25, 0.3) is 21.6 Å². The highest BCUT2D eigenvalue weighted by Gasteiger charge is 2.12. The van der Waals surface area contributed by atoms with E-state index in [1.54, 1.807) is 11.3 Å². The topological polar surface area (TPSA) is 37.8 Å². The van der Waals surface area contributed by atoms with Gasteiger partial charge in [0.15, 0.2) is 0 Å². The average Bonchev–Trinajstić information content (AvgIpc) is 3.04. The number of hydrogen-bond acceptors (Lipinski definition) is 4. The Bertz CT molecular complexity index is 785. The van der Waals surface area contributed by atoms with E-state index in [1.165, 1.54) is 0 Å². The molecule has 23 heavy (non-hydrogen) atoms. The standard InChI is InChI=1S/C18H18ClN3S/c1-2-8-20-12-18-22-11-17(23-18)14-7-9-21-10-15(14)13-5-3-4-6-16(13)19/h3-7,9-11,20H,2,8,12H2,1H3. The molecule has 0 aliphatic carbocycles. The number of nitrogens with one attached hydrogen (secondary N) is 1. The van der Waals surface area contributed by atoms with Crippen molar-refractivity contribution >= 4 is 22.9 Å². The van der Waals surface area contributed by atoms with Gasteiger partial charge in [-0.3, -0.25) is 4.98 Å². The quantitative estimate of drug-likeness (QED) is 0.638. The van der Waals surface area contributed by atoms with E-state index in [9.17, 15) is 0 Å². The van der Waals surface area contributed by atoms with E-state index in [2.05, 4.69) is 22.2 Å². The summed E-state index contributed by atoms with van der Waals surface area (Å²) in [6, 6.07) is 9.88. The summed E-state index contributed by atoms with van der Waals surface area (Å²) >= 11 is 8.06. The van der Waals surface area contributed by atoms with Gasteiger partial charge in [-0.25, -0.2) is 4.98 Å². The van der Waals surface area contributed by atoms with E-state index in [4.69, 9.17) is 11.6 Å². The number of benzene rings is 1. The summed E-state index contributed by atoms with van der Waals surface area (Å²) in [6.07, 6.45) is 6.73. The highest BCUT2D eigenvalue weighted by atomic mass is 35.5. The van der Waals surface area contributed by atoms with Crippen molar-refractivity contribution in [2.24, 2.45) is 0 Å². The lowest BCUT2D eigenvalue weighted by molar-refractivity contribution is 0.673. The van der Waals surface area contributed by atoms with Gasteiger partial charge in [-0.1, -0.05) is 36.7 Å². The fraction of sp³-hybridized carbons (Fsp3) is 0.222. The van der Waals surface area contributed by atoms with Gasteiger partial charge in [0, 0.05) is 46.8 Å². The van der Waals surface area contributed by atoms with Crippen LogP contribution < -0.4 is 5.32 Å². The summed E-state index contributed by atoms with van der Waals surface area (Å²) in [5.41, 5.74) is 3.15. The van der Waals surface area contributed by atoms with Crippen molar-refractivity contribution in [2.45, 2.75) is 19.9 Å². The van der Waals surface area contributed by atoms with Crippen molar-refractivity contribution in [3.63, 3.8) is 0 Å². The van der Waals surface area contributed by atoms with E-state index < -0.39 is 0 Å². The van der Waals surface area contributed by atoms with E-state index in [0.717, 1.165) is 51.1 Å². The first-order valence-electron chi connectivity index (χ1n) is 7.64. The second kappa shape index (κ2) is 7.68. The molecule has 0 fully saturated rings. The molecule has 118 valence electrons. The molecule has 3 rings (SSSR count). The number of hydrogen-bond donors (Lipinski definition) is 1. The maximum Gasteiger partial charge on any atom is 0.107 e. The van der Waals surface area contributed by atoms with Gasteiger partial charge in [0.2, 0.25) is 0 Å². The van der Waals surface area contributed by atoms with Gasteiger partial charge in [0.1, 0.15) is 5.01 Å². The molecule has 1 N–H and O–H groups in total. The zero-order chi connectivity index (χ0) is 16.1. The zero-order valence-corrected chi connectivity index (χ0v) is 14.5. The van der Waals surface area contributed by atoms with Crippen LogP contribution in [0.4, 0.5) is 0 Å². The number of halogens is 1. The molecule has 2 aromatic heterocycles. The molecule has 1 aromatic carbocycles. The minimum absolute atomic E-state index is 0.733. The number of thiazole rings is 1. The Labute approximate surface area is 145 Å². The monoisotopic (exact) mass is 343 g/mol. The summed E-state index contributed by atoms with van der Waals surface area (Å²) in [5.74, 6) is 0. The summed E-state index contributed by atoms with van der Waals surface area (Å²) in [4.78, 5) is 9.93. The van der Waals surface area contributed by atoms with Crippen LogP contribution in [0.5, 0.6) is 0 Å². The fourth-order valence-corrected chi connectivity index (χ4v) is 3.56. The molecular formula is C18H18ClN3S. The average molecular weight is 344 g/mol. The van der Waals surface area contributed by atoms with Gasteiger partial charge in [-0.15, -0.1) is 11.3 Å². The zero-order valence-electron chi connectivity index (χ0n) is 12.9. The summed E-state index contributed by atoms with van der Waals surface area (Å²) in [6.45, 7) is 3.98. The number of aromatic nitrogens is 2. The SMILES string of the molecule is CCCNCc1ncc(-c2ccncc2-c2ccccc2Cl)s1. The van der Waals surface area contributed by atoms with Gasteiger partial charge >= 0.3 is 0 Å². The third kappa shape index (κ3) is 3.78. The van der Waals surface area contributed by atoms with E-state index >= 15 is 0 Å². The molecule has 0 spiro atoms. The second-order valence-corrected chi connectivity index (χ2v) is 6.72. The minimum Gasteiger partial charge on any atom is -0.310 e. The molecule has 3 nitrogen and oxygen atoms in total. The van der Waals surface area contributed by atoms with E-state index in [0.29, 0.717) is 0 Å². The van der Waals surface area contributed by atoms with Crippen molar-refractivity contribution in [1.29, 1.82) is 0 Å². The number of pyridine rings is 1. The van der Waals surface area contributed by atoms with Crippen LogP contribution in [-0.4, -0.2) is 16.5 Å². The molecule has 5 heteroatoms. The number of rotatable bonds is 6. The molecule has 2 heterocycles. The second-order valence-electron chi connectivity index (χ2n) is 5.20. The van der Waals surface area contributed by atoms with Crippen molar-refractivity contribution in [2.75, 3.05) is 6.54 Å². The molecule has 0 bridgehead atoms. The summed E-state index contributed by atoms with van der Waals surface area (Å²) in [5, 5.41) is 5.21. The molecule has 0 amide bonds. The van der Waals surface area contributed by atoms with Gasteiger partial charge in [0.05, 0.1) is 4.88 Å². The van der Waals surface area contributed by atoms with Crippen LogP contribution in [0.1, 0.15) is 18.4 Å². The Balaban J connectivity index is 1.94. The first kappa shape index (κ1) is 16.1. The smallest absolute Gasteiger partial charge is 0.107 e. The van der Waals surface area contributed by atoms with Crippen molar-refractivity contribution in [3.05, 3.63) is 59.0 Å². The van der Waals surface area contributed by atoms with Crippen molar-refractivity contribution in [3.8, 4) is 21.6 Å². The maximum absolute atomic E-state index is 6.36. The third-order valence-corrected chi connectivity index (χ3v) is 4.87. The minimum atomic E-state index is 0.733. The summed E-state index contributed by atoms with van der Waals surface area (Å²) < 4.78 is 0. The molecule has 0 aliphatic rings. The lowest BCUT2D eigenvalue weighted by atomic mass is 10.0. The van der Waals surface area contributed by atoms with Crippen LogP contribution in [0.15, 0.2) is 48.9 Å². The molecule has 0 unspecified atom stereocenters. The Kier molecular flexibility index (Phi) is 5.39. The van der Waals surface area contributed by atoms with Crippen LogP contribution in [0.3, 0.4) is 0 Å². The molecule has 3 aromatic rings. The van der Waals surface area contributed by atoms with Crippen molar-refractivity contribution < 1.29 is 0 Å². The van der Waals surface area contributed by atoms with Crippen LogP contribution in [-0.2, 0) is 6.54 Å². The van der Waals surface area contributed by atoms with Crippen LogP contribution >= 0.6 is 22.9 Å². The largest absolute Gasteiger partial charge is 0.310 e. The predicted octanol–water partition coefficient (Wildman–Crippen LogP) is 5.03. The van der Waals surface area contributed by atoms with E-state index in [-0.39, 0.29) is 0 Å². The van der Waals surface area contributed by atoms with Gasteiger partial charge in [0.25, 0.3) is 0 Å². The fourth-order valence-electron chi connectivity index (χ4n) is 2.39. The van der Waals surface area contributed by atoms with Gasteiger partial charge in [-0.2, -0.15) is 0 Å². The summed E-state index contributed by atoms with van der Waals surface area (Å²) in [7, 11) is 0.